The Morgan fingerprint density at radius 3 is 2.53 bits per heavy atom. The Hall–Kier alpha value is -2.03. The number of para-hydroxylation sites is 1. The van der Waals surface area contributed by atoms with Gasteiger partial charge < -0.3 is 10.6 Å². The Bertz CT molecular complexity index is 526. The zero-order valence-electron chi connectivity index (χ0n) is 11.1. The van der Waals surface area contributed by atoms with Crippen molar-refractivity contribution >= 4 is 11.4 Å². The molecule has 0 bridgehead atoms. The van der Waals surface area contributed by atoms with Crippen LogP contribution in [0.4, 0.5) is 15.8 Å². The molecule has 0 amide bonds. The summed E-state index contributed by atoms with van der Waals surface area (Å²) in [6.07, 6.45) is 2.02. The summed E-state index contributed by atoms with van der Waals surface area (Å²) in [5.74, 6) is -0.354. The van der Waals surface area contributed by atoms with E-state index in [0.717, 1.165) is 25.1 Å². The van der Waals surface area contributed by atoms with Gasteiger partial charge in [-0.15, -0.1) is 0 Å². The fraction of sp³-hybridized carbons (Fsp3) is 0.250. The van der Waals surface area contributed by atoms with E-state index in [1.54, 1.807) is 6.07 Å². The number of anilines is 2. The second kappa shape index (κ2) is 6.23. The van der Waals surface area contributed by atoms with Crippen LogP contribution >= 0.6 is 0 Å². The van der Waals surface area contributed by atoms with Crippen LogP contribution in [0.25, 0.3) is 0 Å². The van der Waals surface area contributed by atoms with Gasteiger partial charge in [0.15, 0.2) is 0 Å². The normalized spacial score (nSPS) is 10.4. The first-order valence-corrected chi connectivity index (χ1v) is 6.47. The third-order valence-corrected chi connectivity index (χ3v) is 3.24. The Kier molecular flexibility index (Phi) is 4.39. The topological polar surface area (TPSA) is 29.3 Å². The minimum Gasteiger partial charge on any atom is -0.395 e. The molecule has 100 valence electrons. The number of nitrogens with two attached hydrogens (primary N) is 1. The van der Waals surface area contributed by atoms with Crippen LogP contribution in [-0.4, -0.2) is 13.6 Å². The molecule has 0 unspecified atom stereocenters. The molecule has 0 fully saturated rings. The van der Waals surface area contributed by atoms with Crippen LogP contribution in [0.15, 0.2) is 48.5 Å². The molecule has 3 heteroatoms. The van der Waals surface area contributed by atoms with Gasteiger partial charge in [0, 0.05) is 13.6 Å². The summed E-state index contributed by atoms with van der Waals surface area (Å²) in [5, 5.41) is 0. The highest BCUT2D eigenvalue weighted by atomic mass is 19.1. The highest BCUT2D eigenvalue weighted by Gasteiger charge is 2.08. The van der Waals surface area contributed by atoms with Gasteiger partial charge in [0.1, 0.15) is 5.82 Å². The first-order valence-electron chi connectivity index (χ1n) is 6.47. The molecule has 0 radical (unpaired) electrons. The zero-order valence-corrected chi connectivity index (χ0v) is 11.1. The Labute approximate surface area is 113 Å². The molecule has 0 aliphatic heterocycles. The number of rotatable bonds is 5. The number of nitrogens with zero attached hydrogens (tertiary/aromatic N) is 1. The summed E-state index contributed by atoms with van der Waals surface area (Å²) < 4.78 is 13.4. The van der Waals surface area contributed by atoms with E-state index in [-0.39, 0.29) is 11.5 Å². The lowest BCUT2D eigenvalue weighted by Gasteiger charge is -2.21. The lowest BCUT2D eigenvalue weighted by molar-refractivity contribution is 0.631. The van der Waals surface area contributed by atoms with E-state index in [1.807, 2.05) is 36.2 Å². The number of halogens is 1. The maximum atomic E-state index is 13.4. The van der Waals surface area contributed by atoms with E-state index in [1.165, 1.54) is 11.6 Å². The fourth-order valence-electron chi connectivity index (χ4n) is 2.14. The monoisotopic (exact) mass is 258 g/mol. The zero-order chi connectivity index (χ0) is 13.7. The van der Waals surface area contributed by atoms with Gasteiger partial charge in [-0.2, -0.15) is 0 Å². The molecular weight excluding hydrogens is 239 g/mol. The van der Waals surface area contributed by atoms with Gasteiger partial charge in [0.25, 0.3) is 0 Å². The Morgan fingerprint density at radius 2 is 1.79 bits per heavy atom. The fourth-order valence-corrected chi connectivity index (χ4v) is 2.14. The van der Waals surface area contributed by atoms with Crippen molar-refractivity contribution in [3.8, 4) is 0 Å². The van der Waals surface area contributed by atoms with E-state index in [4.69, 9.17) is 5.73 Å². The van der Waals surface area contributed by atoms with E-state index < -0.39 is 0 Å². The Morgan fingerprint density at radius 1 is 1.05 bits per heavy atom. The van der Waals surface area contributed by atoms with Crippen LogP contribution < -0.4 is 10.6 Å². The van der Waals surface area contributed by atoms with Crippen molar-refractivity contribution < 1.29 is 4.39 Å². The number of benzene rings is 2. The Balaban J connectivity index is 1.91. The molecule has 0 saturated heterocycles. The van der Waals surface area contributed by atoms with Gasteiger partial charge in [0.2, 0.25) is 0 Å². The first kappa shape index (κ1) is 13.4. The average Bonchev–Trinajstić information content (AvgIpc) is 2.43. The van der Waals surface area contributed by atoms with E-state index in [0.29, 0.717) is 0 Å². The summed E-state index contributed by atoms with van der Waals surface area (Å²) >= 11 is 0. The largest absolute Gasteiger partial charge is 0.395 e. The van der Waals surface area contributed by atoms with Crippen molar-refractivity contribution in [2.75, 3.05) is 24.2 Å². The molecule has 0 aliphatic rings. The highest BCUT2D eigenvalue weighted by molar-refractivity contribution is 5.67. The molecule has 2 aromatic rings. The number of hydrogen-bond donors (Lipinski definition) is 1. The van der Waals surface area contributed by atoms with Crippen LogP contribution in [-0.2, 0) is 6.42 Å². The predicted molar refractivity (Wildman–Crippen MR) is 78.8 cm³/mol. The molecule has 0 aliphatic carbocycles. The minimum absolute atomic E-state index is 0.227. The van der Waals surface area contributed by atoms with Crippen LogP contribution in [0.1, 0.15) is 12.0 Å². The summed E-state index contributed by atoms with van der Waals surface area (Å²) in [6, 6.07) is 15.3. The number of aryl methyl sites for hydroxylation is 1. The molecule has 2 aromatic carbocycles. The maximum Gasteiger partial charge on any atom is 0.148 e. The predicted octanol–water partition coefficient (Wildman–Crippen LogP) is 3.48. The SMILES string of the molecule is CN(CCCc1ccccc1)c1cccc(F)c1N. The van der Waals surface area contributed by atoms with Gasteiger partial charge in [-0.05, 0) is 30.5 Å². The third kappa shape index (κ3) is 3.47. The average molecular weight is 258 g/mol. The minimum atomic E-state index is -0.354. The summed E-state index contributed by atoms with van der Waals surface area (Å²) in [4.78, 5) is 2.00. The van der Waals surface area contributed by atoms with Gasteiger partial charge >= 0.3 is 0 Å². The second-order valence-corrected chi connectivity index (χ2v) is 4.68. The maximum absolute atomic E-state index is 13.4. The van der Waals surface area contributed by atoms with Crippen molar-refractivity contribution in [2.24, 2.45) is 0 Å². The molecule has 0 aromatic heterocycles. The lowest BCUT2D eigenvalue weighted by Crippen LogP contribution is -2.20. The van der Waals surface area contributed by atoms with Crippen molar-refractivity contribution in [1.29, 1.82) is 0 Å². The summed E-state index contributed by atoms with van der Waals surface area (Å²) in [5.41, 5.74) is 8.06. The summed E-state index contributed by atoms with van der Waals surface area (Å²) in [6.45, 7) is 0.850. The van der Waals surface area contributed by atoms with Crippen LogP contribution in [0.2, 0.25) is 0 Å². The van der Waals surface area contributed by atoms with Crippen LogP contribution in [0.5, 0.6) is 0 Å². The molecule has 19 heavy (non-hydrogen) atoms. The molecule has 0 spiro atoms. The molecule has 2 N–H and O–H groups in total. The second-order valence-electron chi connectivity index (χ2n) is 4.68. The van der Waals surface area contributed by atoms with Crippen molar-refractivity contribution in [3.05, 3.63) is 59.9 Å². The highest BCUT2D eigenvalue weighted by Crippen LogP contribution is 2.24. The van der Waals surface area contributed by atoms with E-state index in [2.05, 4.69) is 12.1 Å². The van der Waals surface area contributed by atoms with Crippen molar-refractivity contribution in [1.82, 2.24) is 0 Å². The molecule has 0 saturated carbocycles. The smallest absolute Gasteiger partial charge is 0.148 e. The molecule has 2 rings (SSSR count). The van der Waals surface area contributed by atoms with Crippen molar-refractivity contribution in [2.45, 2.75) is 12.8 Å². The van der Waals surface area contributed by atoms with Crippen LogP contribution in [0, 0.1) is 5.82 Å². The standard InChI is InChI=1S/C16H19FN2/c1-19(15-11-5-10-14(17)16(15)18)12-6-9-13-7-3-2-4-8-13/h2-5,7-8,10-11H,6,9,12,18H2,1H3. The van der Waals surface area contributed by atoms with E-state index >= 15 is 0 Å². The van der Waals surface area contributed by atoms with Crippen molar-refractivity contribution in [3.63, 3.8) is 0 Å². The summed E-state index contributed by atoms with van der Waals surface area (Å²) in [7, 11) is 1.94. The first-order chi connectivity index (χ1) is 9.18. The van der Waals surface area contributed by atoms with Gasteiger partial charge in [-0.1, -0.05) is 36.4 Å². The molecule has 0 atom stereocenters. The lowest BCUT2D eigenvalue weighted by atomic mass is 10.1. The van der Waals surface area contributed by atoms with Gasteiger partial charge in [0.05, 0.1) is 11.4 Å². The van der Waals surface area contributed by atoms with E-state index in [9.17, 15) is 4.39 Å². The molecular formula is C16H19FN2. The van der Waals surface area contributed by atoms with Gasteiger partial charge in [-0.3, -0.25) is 0 Å². The number of nitrogen functional groups attached to an aromatic ring is 1. The molecule has 0 heterocycles. The molecule has 2 nitrogen and oxygen atoms in total. The third-order valence-electron chi connectivity index (χ3n) is 3.24. The quantitative estimate of drug-likeness (QED) is 0.832. The van der Waals surface area contributed by atoms with Crippen LogP contribution in [0.3, 0.4) is 0 Å². The number of hydrogen-bond acceptors (Lipinski definition) is 2. The van der Waals surface area contributed by atoms with Gasteiger partial charge in [-0.25, -0.2) is 4.39 Å².